The number of aliphatic hydroxyl groups is 1. The van der Waals surface area contributed by atoms with E-state index in [0.717, 1.165) is 0 Å². The molecule has 0 fully saturated rings. The Morgan fingerprint density at radius 3 is 2.69 bits per heavy atom. The number of benzene rings is 1. The van der Waals surface area contributed by atoms with Crippen molar-refractivity contribution in [3.63, 3.8) is 0 Å². The van der Waals surface area contributed by atoms with Gasteiger partial charge >= 0.3 is 0 Å². The van der Waals surface area contributed by atoms with Crippen molar-refractivity contribution in [3.8, 4) is 5.69 Å². The first-order valence-corrected chi connectivity index (χ1v) is 4.95. The van der Waals surface area contributed by atoms with Crippen molar-refractivity contribution in [2.45, 2.75) is 12.8 Å². The highest BCUT2D eigenvalue weighted by atomic mass is 19.1. The minimum atomic E-state index is -0.297. The van der Waals surface area contributed by atoms with Crippen LogP contribution in [-0.2, 0) is 6.42 Å². The summed E-state index contributed by atoms with van der Waals surface area (Å²) < 4.78 is 14.3. The molecule has 0 amide bonds. The first-order chi connectivity index (χ1) is 7.81. The lowest BCUT2D eigenvalue weighted by Crippen LogP contribution is -2.04. The van der Waals surface area contributed by atoms with Gasteiger partial charge in [0.05, 0.1) is 5.69 Å². The van der Waals surface area contributed by atoms with E-state index in [2.05, 4.69) is 15.5 Å². The maximum absolute atomic E-state index is 12.7. The monoisotopic (exact) mass is 222 g/mol. The number of hydrogen-bond acceptors (Lipinski definition) is 4. The molecule has 0 atom stereocenters. The van der Waals surface area contributed by atoms with Gasteiger partial charge in [-0.3, -0.25) is 0 Å². The van der Waals surface area contributed by atoms with E-state index in [0.29, 0.717) is 24.4 Å². The predicted octanol–water partition coefficient (Wildman–Crippen LogP) is 0.726. The highest BCUT2D eigenvalue weighted by Crippen LogP contribution is 2.09. The molecule has 2 rings (SSSR count). The van der Waals surface area contributed by atoms with Crippen LogP contribution in [0.15, 0.2) is 24.3 Å². The van der Waals surface area contributed by atoms with Gasteiger partial charge in [-0.2, -0.15) is 4.68 Å². The second kappa shape index (κ2) is 4.80. The molecule has 1 heterocycles. The molecule has 5 nitrogen and oxygen atoms in total. The van der Waals surface area contributed by atoms with Crippen molar-refractivity contribution < 1.29 is 9.50 Å². The van der Waals surface area contributed by atoms with E-state index in [4.69, 9.17) is 5.11 Å². The largest absolute Gasteiger partial charge is 0.396 e. The highest BCUT2D eigenvalue weighted by molar-refractivity contribution is 5.31. The average molecular weight is 222 g/mol. The number of nitrogens with zero attached hydrogens (tertiary/aromatic N) is 4. The van der Waals surface area contributed by atoms with E-state index in [1.54, 1.807) is 12.1 Å². The summed E-state index contributed by atoms with van der Waals surface area (Å²) in [4.78, 5) is 0. The van der Waals surface area contributed by atoms with Gasteiger partial charge in [0, 0.05) is 13.0 Å². The van der Waals surface area contributed by atoms with Crippen molar-refractivity contribution in [2.24, 2.45) is 0 Å². The second-order valence-corrected chi connectivity index (χ2v) is 3.31. The Balaban J connectivity index is 2.26. The van der Waals surface area contributed by atoms with Gasteiger partial charge in [0.1, 0.15) is 5.82 Å². The first-order valence-electron chi connectivity index (χ1n) is 4.95. The fourth-order valence-corrected chi connectivity index (χ4v) is 1.38. The normalized spacial score (nSPS) is 10.6. The maximum atomic E-state index is 12.7. The summed E-state index contributed by atoms with van der Waals surface area (Å²) in [5.41, 5.74) is 0.708. The molecule has 1 N–H and O–H groups in total. The van der Waals surface area contributed by atoms with Crippen molar-refractivity contribution in [2.75, 3.05) is 6.61 Å². The molecule has 0 saturated heterocycles. The molecule has 0 unspecified atom stereocenters. The Labute approximate surface area is 91.5 Å². The zero-order chi connectivity index (χ0) is 11.4. The van der Waals surface area contributed by atoms with E-state index in [9.17, 15) is 4.39 Å². The van der Waals surface area contributed by atoms with Crippen LogP contribution >= 0.6 is 0 Å². The Bertz CT molecular complexity index is 454. The minimum absolute atomic E-state index is 0.0935. The van der Waals surface area contributed by atoms with Gasteiger partial charge in [0.15, 0.2) is 5.82 Å². The summed E-state index contributed by atoms with van der Waals surface area (Å²) in [7, 11) is 0. The summed E-state index contributed by atoms with van der Waals surface area (Å²) in [5.74, 6) is 0.356. The molecule has 0 aliphatic heterocycles. The van der Waals surface area contributed by atoms with Crippen LogP contribution in [0.4, 0.5) is 4.39 Å². The summed E-state index contributed by atoms with van der Waals surface area (Å²) in [6.45, 7) is 0.0935. The van der Waals surface area contributed by atoms with Gasteiger partial charge in [0.25, 0.3) is 0 Å². The fourth-order valence-electron chi connectivity index (χ4n) is 1.38. The topological polar surface area (TPSA) is 63.8 Å². The van der Waals surface area contributed by atoms with Gasteiger partial charge in [-0.25, -0.2) is 4.39 Å². The molecule has 0 bridgehead atoms. The Hall–Kier alpha value is -1.82. The standard InChI is InChI=1S/C10H11FN4O/c11-8-3-5-9(6-4-8)15-10(2-1-7-16)12-13-14-15/h3-6,16H,1-2,7H2. The van der Waals surface area contributed by atoms with E-state index in [-0.39, 0.29) is 12.4 Å². The lowest BCUT2D eigenvalue weighted by atomic mass is 10.3. The van der Waals surface area contributed by atoms with Gasteiger partial charge in [-0.15, -0.1) is 5.10 Å². The van der Waals surface area contributed by atoms with E-state index in [1.807, 2.05) is 0 Å². The molecule has 16 heavy (non-hydrogen) atoms. The van der Waals surface area contributed by atoms with Gasteiger partial charge in [0.2, 0.25) is 0 Å². The van der Waals surface area contributed by atoms with Crippen LogP contribution in [0.5, 0.6) is 0 Å². The van der Waals surface area contributed by atoms with Crippen LogP contribution in [0.2, 0.25) is 0 Å². The maximum Gasteiger partial charge on any atom is 0.156 e. The molecule has 2 aromatic rings. The predicted molar refractivity (Wildman–Crippen MR) is 54.5 cm³/mol. The van der Waals surface area contributed by atoms with E-state index in [1.165, 1.54) is 16.8 Å². The molecule has 0 saturated carbocycles. The van der Waals surface area contributed by atoms with E-state index < -0.39 is 0 Å². The molecule has 0 spiro atoms. The third-order valence-electron chi connectivity index (χ3n) is 2.16. The zero-order valence-corrected chi connectivity index (χ0v) is 8.54. The molecule has 1 aromatic carbocycles. The lowest BCUT2D eigenvalue weighted by Gasteiger charge is -2.03. The number of aromatic nitrogens is 4. The molecular formula is C10H11FN4O. The van der Waals surface area contributed by atoms with Gasteiger partial charge < -0.3 is 5.11 Å². The molecule has 84 valence electrons. The first kappa shape index (κ1) is 10.7. The smallest absolute Gasteiger partial charge is 0.156 e. The van der Waals surface area contributed by atoms with Crippen molar-refractivity contribution in [3.05, 3.63) is 35.9 Å². The molecule has 0 aliphatic carbocycles. The fraction of sp³-hybridized carbons (Fsp3) is 0.300. The highest BCUT2D eigenvalue weighted by Gasteiger charge is 2.07. The molecule has 1 aromatic heterocycles. The van der Waals surface area contributed by atoms with Crippen molar-refractivity contribution >= 4 is 0 Å². The second-order valence-electron chi connectivity index (χ2n) is 3.31. The Morgan fingerprint density at radius 1 is 1.25 bits per heavy atom. The number of tetrazole rings is 1. The lowest BCUT2D eigenvalue weighted by molar-refractivity contribution is 0.287. The number of aliphatic hydroxyl groups excluding tert-OH is 1. The van der Waals surface area contributed by atoms with Gasteiger partial charge in [-0.1, -0.05) is 0 Å². The van der Waals surface area contributed by atoms with Crippen LogP contribution in [0.1, 0.15) is 12.2 Å². The van der Waals surface area contributed by atoms with Crippen LogP contribution in [0.25, 0.3) is 5.69 Å². The molecule has 6 heteroatoms. The Kier molecular flexibility index (Phi) is 3.21. The van der Waals surface area contributed by atoms with E-state index >= 15 is 0 Å². The SMILES string of the molecule is OCCCc1nnnn1-c1ccc(F)cc1. The van der Waals surface area contributed by atoms with Crippen LogP contribution in [-0.4, -0.2) is 31.9 Å². The quantitative estimate of drug-likeness (QED) is 0.828. The Morgan fingerprint density at radius 2 is 2.00 bits per heavy atom. The number of aryl methyl sites for hydroxylation is 1. The summed E-state index contributed by atoms with van der Waals surface area (Å²) in [5, 5.41) is 20.0. The van der Waals surface area contributed by atoms with Crippen molar-refractivity contribution in [1.29, 1.82) is 0 Å². The minimum Gasteiger partial charge on any atom is -0.396 e. The average Bonchev–Trinajstić information content (AvgIpc) is 2.75. The summed E-state index contributed by atoms with van der Waals surface area (Å²) >= 11 is 0. The summed E-state index contributed by atoms with van der Waals surface area (Å²) in [6, 6.07) is 5.92. The summed E-state index contributed by atoms with van der Waals surface area (Å²) in [6.07, 6.45) is 1.18. The number of hydrogen-bond donors (Lipinski definition) is 1. The molecular weight excluding hydrogens is 211 g/mol. The molecule has 0 radical (unpaired) electrons. The van der Waals surface area contributed by atoms with Crippen molar-refractivity contribution in [1.82, 2.24) is 20.2 Å². The van der Waals surface area contributed by atoms with Crippen LogP contribution < -0.4 is 0 Å². The van der Waals surface area contributed by atoms with Gasteiger partial charge in [-0.05, 0) is 41.1 Å². The third kappa shape index (κ3) is 2.22. The third-order valence-corrected chi connectivity index (χ3v) is 2.16. The van der Waals surface area contributed by atoms with Crippen LogP contribution in [0, 0.1) is 5.82 Å². The number of rotatable bonds is 4. The zero-order valence-electron chi connectivity index (χ0n) is 8.54. The molecule has 0 aliphatic rings. The number of halogens is 1. The van der Waals surface area contributed by atoms with Crippen LogP contribution in [0.3, 0.4) is 0 Å².